The first-order valence-corrected chi connectivity index (χ1v) is 7.71. The number of rotatable bonds is 9. The van der Waals surface area contributed by atoms with Gasteiger partial charge in [-0.25, -0.2) is 0 Å². The Bertz CT molecular complexity index is 268. The highest BCUT2D eigenvalue weighted by Crippen LogP contribution is 2.09. The number of carbonyl (C=O) groups is 2. The molecule has 3 N–H and O–H groups in total. The maximum absolute atomic E-state index is 11.3. The summed E-state index contributed by atoms with van der Waals surface area (Å²) in [6, 6.07) is 0. The Kier molecular flexibility index (Phi) is 13.3. The zero-order chi connectivity index (χ0) is 15.9. The monoisotopic (exact) mass is 302 g/mol. The van der Waals surface area contributed by atoms with Crippen LogP contribution >= 0.6 is 0 Å². The summed E-state index contributed by atoms with van der Waals surface area (Å²) in [5.74, 6) is 0.198. The van der Waals surface area contributed by atoms with Crippen molar-refractivity contribution in [1.29, 1.82) is 0 Å². The zero-order valence-corrected chi connectivity index (χ0v) is 13.3. The van der Waals surface area contributed by atoms with Crippen LogP contribution in [0.4, 0.5) is 0 Å². The van der Waals surface area contributed by atoms with Gasteiger partial charge in [0.25, 0.3) is 0 Å². The lowest BCUT2D eigenvalue weighted by Gasteiger charge is -2.08. The minimum atomic E-state index is -0.0684. The van der Waals surface area contributed by atoms with Crippen molar-refractivity contribution in [3.05, 3.63) is 0 Å². The predicted octanol–water partition coefficient (Wildman–Crippen LogP) is 0.736. The second-order valence-corrected chi connectivity index (χ2v) is 5.09. The molecule has 1 aliphatic rings. The Morgan fingerprint density at radius 1 is 1.48 bits per heavy atom. The number of hydrogen-bond donors (Lipinski definition) is 2. The number of aldehydes is 1. The number of carbonyl (C=O) groups excluding carboxylic acids is 2. The van der Waals surface area contributed by atoms with Gasteiger partial charge in [-0.15, -0.1) is 0 Å². The molecule has 0 spiro atoms. The van der Waals surface area contributed by atoms with Crippen molar-refractivity contribution in [2.24, 2.45) is 17.6 Å². The molecule has 2 atom stereocenters. The quantitative estimate of drug-likeness (QED) is 0.371. The van der Waals surface area contributed by atoms with Crippen molar-refractivity contribution in [2.45, 2.75) is 32.6 Å². The SMILES string of the molecule is CCC(C=O)CCN.COCCCOC(=O)C1CCNC1. The van der Waals surface area contributed by atoms with Gasteiger partial charge in [0, 0.05) is 32.6 Å². The fourth-order valence-corrected chi connectivity index (χ4v) is 1.93. The maximum atomic E-state index is 11.3. The molecule has 124 valence electrons. The molecule has 1 aliphatic heterocycles. The molecular weight excluding hydrogens is 272 g/mol. The molecule has 0 amide bonds. The van der Waals surface area contributed by atoms with Gasteiger partial charge in [-0.05, 0) is 32.4 Å². The molecule has 0 aromatic rings. The largest absolute Gasteiger partial charge is 0.465 e. The van der Waals surface area contributed by atoms with Crippen molar-refractivity contribution >= 4 is 12.3 Å². The first-order chi connectivity index (χ1) is 10.2. The van der Waals surface area contributed by atoms with Crippen LogP contribution in [-0.2, 0) is 19.1 Å². The van der Waals surface area contributed by atoms with Crippen molar-refractivity contribution in [1.82, 2.24) is 5.32 Å². The lowest BCUT2D eigenvalue weighted by Crippen LogP contribution is -2.21. The third-order valence-corrected chi connectivity index (χ3v) is 3.39. The van der Waals surface area contributed by atoms with Gasteiger partial charge >= 0.3 is 5.97 Å². The van der Waals surface area contributed by atoms with Gasteiger partial charge in [-0.3, -0.25) is 4.79 Å². The van der Waals surface area contributed by atoms with Crippen LogP contribution in [0, 0.1) is 11.8 Å². The molecule has 0 aliphatic carbocycles. The Labute approximate surface area is 127 Å². The van der Waals surface area contributed by atoms with Gasteiger partial charge in [-0.1, -0.05) is 6.92 Å². The van der Waals surface area contributed by atoms with E-state index < -0.39 is 0 Å². The van der Waals surface area contributed by atoms with E-state index in [1.807, 2.05) is 6.92 Å². The lowest BCUT2D eigenvalue weighted by molar-refractivity contribution is -0.148. The first kappa shape index (κ1) is 20.0. The molecule has 1 rings (SSSR count). The maximum Gasteiger partial charge on any atom is 0.310 e. The molecule has 0 saturated carbocycles. The molecule has 6 nitrogen and oxygen atoms in total. The molecule has 1 heterocycles. The fraction of sp³-hybridized carbons (Fsp3) is 0.867. The summed E-state index contributed by atoms with van der Waals surface area (Å²) in [5, 5.41) is 3.13. The standard InChI is InChI=1S/C9H17NO3.C6H13NO/c1-12-5-2-6-13-9(11)8-3-4-10-7-8;1-2-6(5-8)3-4-7/h8,10H,2-7H2,1H3;5-6H,2-4,7H2,1H3. The van der Waals surface area contributed by atoms with E-state index in [4.69, 9.17) is 15.2 Å². The van der Waals surface area contributed by atoms with Gasteiger partial charge in [0.1, 0.15) is 6.29 Å². The molecular formula is C15H30N2O4. The second-order valence-electron chi connectivity index (χ2n) is 5.09. The van der Waals surface area contributed by atoms with E-state index in [0.717, 1.165) is 45.1 Å². The highest BCUT2D eigenvalue weighted by atomic mass is 16.5. The molecule has 0 bridgehead atoms. The van der Waals surface area contributed by atoms with E-state index in [1.165, 1.54) is 0 Å². The highest BCUT2D eigenvalue weighted by molar-refractivity contribution is 5.73. The predicted molar refractivity (Wildman–Crippen MR) is 81.9 cm³/mol. The summed E-state index contributed by atoms with van der Waals surface area (Å²) in [4.78, 5) is 21.4. The van der Waals surface area contributed by atoms with E-state index in [2.05, 4.69) is 5.32 Å². The summed E-state index contributed by atoms with van der Waals surface area (Å²) in [6.45, 7) is 5.44. The van der Waals surface area contributed by atoms with Crippen LogP contribution in [0.5, 0.6) is 0 Å². The van der Waals surface area contributed by atoms with Crippen LogP contribution in [0.3, 0.4) is 0 Å². The molecule has 1 saturated heterocycles. The molecule has 0 aromatic heterocycles. The average Bonchev–Trinajstić information content (AvgIpc) is 3.04. The normalized spacial score (nSPS) is 18.5. The summed E-state index contributed by atoms with van der Waals surface area (Å²) >= 11 is 0. The van der Waals surface area contributed by atoms with Crippen LogP contribution < -0.4 is 11.1 Å². The highest BCUT2D eigenvalue weighted by Gasteiger charge is 2.23. The summed E-state index contributed by atoms with van der Waals surface area (Å²) in [7, 11) is 1.64. The van der Waals surface area contributed by atoms with Crippen molar-refractivity contribution in [3.8, 4) is 0 Å². The first-order valence-electron chi connectivity index (χ1n) is 7.71. The second kappa shape index (κ2) is 14.0. The van der Waals surface area contributed by atoms with Crippen LogP contribution in [0.15, 0.2) is 0 Å². The van der Waals surface area contributed by atoms with Crippen LogP contribution in [0.25, 0.3) is 0 Å². The van der Waals surface area contributed by atoms with E-state index in [1.54, 1.807) is 7.11 Å². The van der Waals surface area contributed by atoms with Crippen molar-refractivity contribution in [2.75, 3.05) is 40.0 Å². The number of nitrogens with one attached hydrogen (secondary N) is 1. The topological polar surface area (TPSA) is 90.7 Å². The van der Waals surface area contributed by atoms with Gasteiger partial charge in [0.15, 0.2) is 0 Å². The van der Waals surface area contributed by atoms with E-state index in [0.29, 0.717) is 19.8 Å². The number of ether oxygens (including phenoxy) is 2. The van der Waals surface area contributed by atoms with Gasteiger partial charge in [0.05, 0.1) is 12.5 Å². The molecule has 0 radical (unpaired) electrons. The van der Waals surface area contributed by atoms with E-state index >= 15 is 0 Å². The van der Waals surface area contributed by atoms with E-state index in [-0.39, 0.29) is 17.8 Å². The smallest absolute Gasteiger partial charge is 0.310 e. The molecule has 0 aromatic carbocycles. The zero-order valence-electron chi connectivity index (χ0n) is 13.3. The minimum absolute atomic E-state index is 0.0684. The molecule has 21 heavy (non-hydrogen) atoms. The molecule has 2 unspecified atom stereocenters. The summed E-state index contributed by atoms with van der Waals surface area (Å²) in [5.41, 5.74) is 5.22. The Hall–Kier alpha value is -0.980. The Balaban J connectivity index is 0.000000433. The summed E-state index contributed by atoms with van der Waals surface area (Å²) in [6.07, 6.45) is 4.42. The summed E-state index contributed by atoms with van der Waals surface area (Å²) < 4.78 is 9.91. The average molecular weight is 302 g/mol. The van der Waals surface area contributed by atoms with Crippen LogP contribution in [0.2, 0.25) is 0 Å². The number of esters is 1. The Morgan fingerprint density at radius 3 is 2.67 bits per heavy atom. The van der Waals surface area contributed by atoms with Crippen LogP contribution in [-0.4, -0.2) is 52.2 Å². The number of methoxy groups -OCH3 is 1. The van der Waals surface area contributed by atoms with Gasteiger partial charge in [0.2, 0.25) is 0 Å². The van der Waals surface area contributed by atoms with Gasteiger partial charge in [-0.2, -0.15) is 0 Å². The molecule has 1 fully saturated rings. The fourth-order valence-electron chi connectivity index (χ4n) is 1.93. The van der Waals surface area contributed by atoms with Crippen LogP contribution in [0.1, 0.15) is 32.6 Å². The lowest BCUT2D eigenvalue weighted by atomic mass is 10.1. The van der Waals surface area contributed by atoms with Crippen molar-refractivity contribution < 1.29 is 19.1 Å². The molecule has 6 heteroatoms. The third-order valence-electron chi connectivity index (χ3n) is 3.39. The number of nitrogens with two attached hydrogens (primary N) is 1. The van der Waals surface area contributed by atoms with E-state index in [9.17, 15) is 9.59 Å². The van der Waals surface area contributed by atoms with Gasteiger partial charge < -0.3 is 25.3 Å². The minimum Gasteiger partial charge on any atom is -0.465 e. The number of hydrogen-bond acceptors (Lipinski definition) is 6. The van der Waals surface area contributed by atoms with Crippen molar-refractivity contribution in [3.63, 3.8) is 0 Å². The Morgan fingerprint density at radius 2 is 2.24 bits per heavy atom. The third kappa shape index (κ3) is 10.4.